The molecule has 2 aromatic rings. The lowest BCUT2D eigenvalue weighted by molar-refractivity contribution is 0.123. The fraction of sp³-hybridized carbons (Fsp3) is 0.474. The molecule has 0 saturated carbocycles. The Morgan fingerprint density at radius 3 is 2.68 bits per heavy atom. The predicted octanol–water partition coefficient (Wildman–Crippen LogP) is 1.51. The van der Waals surface area contributed by atoms with Gasteiger partial charge in [-0.25, -0.2) is 0 Å². The zero-order valence-corrected chi connectivity index (χ0v) is 14.6. The molecule has 2 N–H and O–H groups in total. The van der Waals surface area contributed by atoms with E-state index in [9.17, 15) is 5.11 Å². The van der Waals surface area contributed by atoms with Crippen LogP contribution in [0, 0.1) is 11.3 Å². The van der Waals surface area contributed by atoms with E-state index in [1.165, 1.54) is 12.8 Å². The summed E-state index contributed by atoms with van der Waals surface area (Å²) in [4.78, 5) is 2.32. The number of aliphatic hydroxyl groups excluding tert-OH is 1. The summed E-state index contributed by atoms with van der Waals surface area (Å²) < 4.78 is 1.80. The first-order chi connectivity index (χ1) is 12.2. The van der Waals surface area contributed by atoms with Gasteiger partial charge in [-0.05, 0) is 38.1 Å². The van der Waals surface area contributed by atoms with Crippen LogP contribution in [0.5, 0.6) is 0 Å². The average molecular weight is 339 g/mol. The Hall–Kier alpha value is -2.20. The van der Waals surface area contributed by atoms with Gasteiger partial charge >= 0.3 is 0 Å². The lowest BCUT2D eigenvalue weighted by Gasteiger charge is -2.19. The second-order valence-corrected chi connectivity index (χ2v) is 6.66. The Balaban J connectivity index is 1.58. The Bertz CT molecular complexity index is 725. The average Bonchev–Trinajstić information content (AvgIpc) is 3.24. The molecule has 0 radical (unpaired) electrons. The quantitative estimate of drug-likeness (QED) is 0.799. The number of β-amino-alcohol motifs (C(OH)–C–C–N with tert-alkyl or cyclic N) is 1. The van der Waals surface area contributed by atoms with Crippen molar-refractivity contribution in [1.82, 2.24) is 20.0 Å². The first-order valence-corrected chi connectivity index (χ1v) is 8.80. The highest BCUT2D eigenvalue weighted by atomic mass is 16.3. The number of aryl methyl sites for hydroxylation is 1. The maximum atomic E-state index is 10.2. The minimum absolute atomic E-state index is 0.354. The van der Waals surface area contributed by atoms with Crippen LogP contribution in [-0.2, 0) is 13.6 Å². The van der Waals surface area contributed by atoms with Gasteiger partial charge in [0.2, 0.25) is 0 Å². The van der Waals surface area contributed by atoms with Gasteiger partial charge in [0.15, 0.2) is 0 Å². The molecule has 1 aromatic heterocycles. The second kappa shape index (κ2) is 8.26. The number of nitrogens with one attached hydrogen (secondary N) is 1. The van der Waals surface area contributed by atoms with Crippen LogP contribution in [0.15, 0.2) is 30.5 Å². The number of aliphatic hydroxyl groups is 1. The summed E-state index contributed by atoms with van der Waals surface area (Å²) in [5, 5.41) is 27.0. The zero-order valence-electron chi connectivity index (χ0n) is 14.6. The number of benzene rings is 1. The monoisotopic (exact) mass is 339 g/mol. The van der Waals surface area contributed by atoms with Gasteiger partial charge in [0.25, 0.3) is 0 Å². The van der Waals surface area contributed by atoms with Crippen molar-refractivity contribution in [2.24, 2.45) is 7.05 Å². The van der Waals surface area contributed by atoms with Crippen LogP contribution in [-0.4, -0.2) is 52.1 Å². The minimum atomic E-state index is -0.354. The number of hydrogen-bond acceptors (Lipinski definition) is 5. The van der Waals surface area contributed by atoms with Gasteiger partial charge in [0.1, 0.15) is 0 Å². The van der Waals surface area contributed by atoms with Crippen LogP contribution < -0.4 is 5.32 Å². The van der Waals surface area contributed by atoms with Gasteiger partial charge in [-0.3, -0.25) is 4.68 Å². The maximum absolute atomic E-state index is 10.2. The Morgan fingerprint density at radius 2 is 2.00 bits per heavy atom. The van der Waals surface area contributed by atoms with Crippen molar-refractivity contribution < 1.29 is 5.11 Å². The predicted molar refractivity (Wildman–Crippen MR) is 96.7 cm³/mol. The van der Waals surface area contributed by atoms with Crippen molar-refractivity contribution in [3.8, 4) is 17.3 Å². The van der Waals surface area contributed by atoms with Crippen LogP contribution >= 0.6 is 0 Å². The van der Waals surface area contributed by atoms with E-state index < -0.39 is 0 Å². The summed E-state index contributed by atoms with van der Waals surface area (Å²) in [6.45, 7) is 4.16. The van der Waals surface area contributed by atoms with Gasteiger partial charge < -0.3 is 15.3 Å². The molecule has 0 aliphatic carbocycles. The first kappa shape index (κ1) is 17.6. The van der Waals surface area contributed by atoms with Crippen molar-refractivity contribution in [3.05, 3.63) is 41.6 Å². The second-order valence-electron chi connectivity index (χ2n) is 6.66. The lowest BCUT2D eigenvalue weighted by Crippen LogP contribution is -2.36. The third-order valence-electron chi connectivity index (χ3n) is 4.56. The largest absolute Gasteiger partial charge is 0.390 e. The molecule has 6 heteroatoms. The number of aromatic nitrogens is 2. The van der Waals surface area contributed by atoms with Crippen LogP contribution in [0.3, 0.4) is 0 Å². The number of likely N-dealkylation sites (tertiary alicyclic amines) is 1. The highest BCUT2D eigenvalue weighted by molar-refractivity contribution is 5.63. The minimum Gasteiger partial charge on any atom is -0.390 e. The zero-order chi connectivity index (χ0) is 17.6. The Labute approximate surface area is 148 Å². The van der Waals surface area contributed by atoms with Crippen LogP contribution in [0.1, 0.15) is 24.0 Å². The van der Waals surface area contributed by atoms with Crippen molar-refractivity contribution in [2.45, 2.75) is 25.5 Å². The molecule has 0 amide bonds. The summed E-state index contributed by atoms with van der Waals surface area (Å²) in [5.41, 5.74) is 3.63. The number of rotatable bonds is 7. The van der Waals surface area contributed by atoms with E-state index in [1.807, 2.05) is 25.4 Å². The topological polar surface area (TPSA) is 77.1 Å². The summed E-state index contributed by atoms with van der Waals surface area (Å²) in [6.07, 6.45) is 4.12. The van der Waals surface area contributed by atoms with E-state index in [1.54, 1.807) is 16.8 Å². The smallest absolute Gasteiger partial charge is 0.0991 e. The molecule has 1 aliphatic heterocycles. The van der Waals surface area contributed by atoms with Crippen molar-refractivity contribution >= 4 is 0 Å². The standard InChI is InChI=1S/C19H25N5O/c1-23-13-17(11-21-12-18(25)14-24-8-2-3-9-24)19(22-23)16-6-4-15(10-20)5-7-16/h4-7,13,18,21,25H,2-3,8-9,11-12,14H2,1H3. The molecule has 1 fully saturated rings. The van der Waals surface area contributed by atoms with E-state index in [2.05, 4.69) is 21.4 Å². The van der Waals surface area contributed by atoms with Gasteiger partial charge in [0.05, 0.1) is 23.4 Å². The van der Waals surface area contributed by atoms with Crippen LogP contribution in [0.4, 0.5) is 0 Å². The molecule has 25 heavy (non-hydrogen) atoms. The van der Waals surface area contributed by atoms with Crippen LogP contribution in [0.2, 0.25) is 0 Å². The molecule has 6 nitrogen and oxygen atoms in total. The Kier molecular flexibility index (Phi) is 5.82. The molecule has 1 aliphatic rings. The molecule has 1 aromatic carbocycles. The number of nitriles is 1. The Morgan fingerprint density at radius 1 is 1.28 bits per heavy atom. The summed E-state index contributed by atoms with van der Waals surface area (Å²) in [7, 11) is 1.90. The molecule has 0 bridgehead atoms. The summed E-state index contributed by atoms with van der Waals surface area (Å²) >= 11 is 0. The lowest BCUT2D eigenvalue weighted by atomic mass is 10.1. The molecule has 1 unspecified atom stereocenters. The molecular formula is C19H25N5O. The molecule has 132 valence electrons. The molecule has 2 heterocycles. The molecule has 1 saturated heterocycles. The number of hydrogen-bond donors (Lipinski definition) is 2. The van der Waals surface area contributed by atoms with Gasteiger partial charge in [0, 0.05) is 44.0 Å². The molecular weight excluding hydrogens is 314 g/mol. The van der Waals surface area contributed by atoms with Crippen LogP contribution in [0.25, 0.3) is 11.3 Å². The maximum Gasteiger partial charge on any atom is 0.0991 e. The fourth-order valence-electron chi connectivity index (χ4n) is 3.31. The van der Waals surface area contributed by atoms with E-state index in [-0.39, 0.29) is 6.10 Å². The van der Waals surface area contributed by atoms with E-state index in [0.29, 0.717) is 18.7 Å². The van der Waals surface area contributed by atoms with Gasteiger partial charge in [-0.15, -0.1) is 0 Å². The summed E-state index contributed by atoms with van der Waals surface area (Å²) in [5.74, 6) is 0. The fourth-order valence-corrected chi connectivity index (χ4v) is 3.31. The highest BCUT2D eigenvalue weighted by Crippen LogP contribution is 2.22. The third-order valence-corrected chi connectivity index (χ3v) is 4.56. The van der Waals surface area contributed by atoms with Crippen molar-refractivity contribution in [3.63, 3.8) is 0 Å². The molecule has 0 spiro atoms. The summed E-state index contributed by atoms with van der Waals surface area (Å²) in [6, 6.07) is 9.59. The van der Waals surface area contributed by atoms with Crippen molar-refractivity contribution in [2.75, 3.05) is 26.2 Å². The van der Waals surface area contributed by atoms with Crippen molar-refractivity contribution in [1.29, 1.82) is 5.26 Å². The van der Waals surface area contributed by atoms with E-state index in [0.717, 1.165) is 36.5 Å². The normalized spacial score (nSPS) is 16.0. The first-order valence-electron chi connectivity index (χ1n) is 8.80. The third kappa shape index (κ3) is 4.67. The van der Waals surface area contributed by atoms with E-state index in [4.69, 9.17) is 5.26 Å². The van der Waals surface area contributed by atoms with E-state index >= 15 is 0 Å². The van der Waals surface area contributed by atoms with Gasteiger partial charge in [-0.1, -0.05) is 12.1 Å². The molecule has 3 rings (SSSR count). The molecule has 1 atom stereocenters. The highest BCUT2D eigenvalue weighted by Gasteiger charge is 2.16. The SMILES string of the molecule is Cn1cc(CNCC(O)CN2CCCC2)c(-c2ccc(C#N)cc2)n1. The van der Waals surface area contributed by atoms with Gasteiger partial charge in [-0.2, -0.15) is 10.4 Å². The number of nitrogens with zero attached hydrogens (tertiary/aromatic N) is 4.